The number of oxime groups is 1. The monoisotopic (exact) mass is 404 g/mol. The van der Waals surface area contributed by atoms with Crippen molar-refractivity contribution < 1.29 is 4.84 Å². The number of nitrogens with zero attached hydrogens (tertiary/aromatic N) is 2. The molecule has 1 saturated heterocycles. The predicted molar refractivity (Wildman–Crippen MR) is 119 cm³/mol. The van der Waals surface area contributed by atoms with Crippen molar-refractivity contribution in [3.05, 3.63) is 108 Å². The first-order valence-electron chi connectivity index (χ1n) is 9.92. The van der Waals surface area contributed by atoms with Crippen LogP contribution < -0.4 is 0 Å². The van der Waals surface area contributed by atoms with Gasteiger partial charge in [0.15, 0.2) is 0 Å². The van der Waals surface area contributed by atoms with Gasteiger partial charge in [-0.1, -0.05) is 96.2 Å². The van der Waals surface area contributed by atoms with Crippen molar-refractivity contribution in [3.8, 4) is 0 Å². The molecule has 0 radical (unpaired) electrons. The third-order valence-corrected chi connectivity index (χ3v) is 6.00. The molecule has 29 heavy (non-hydrogen) atoms. The van der Waals surface area contributed by atoms with E-state index >= 15 is 0 Å². The normalized spacial score (nSPS) is 23.8. The third kappa shape index (κ3) is 4.52. The molecule has 0 amide bonds. The second kappa shape index (κ2) is 9.25. The summed E-state index contributed by atoms with van der Waals surface area (Å²) in [5, 5.41) is 4.25. The van der Waals surface area contributed by atoms with Crippen molar-refractivity contribution in [1.82, 2.24) is 4.90 Å². The Kier molecular flexibility index (Phi) is 6.28. The lowest BCUT2D eigenvalue weighted by Gasteiger charge is -2.43. The topological polar surface area (TPSA) is 24.8 Å². The Bertz CT molecular complexity index is 931. The maximum Gasteiger partial charge on any atom is 0.142 e. The van der Waals surface area contributed by atoms with Crippen molar-refractivity contribution in [1.29, 1.82) is 0 Å². The van der Waals surface area contributed by atoms with Crippen LogP contribution in [0, 0.1) is 0 Å². The number of hydrogen-bond acceptors (Lipinski definition) is 3. The van der Waals surface area contributed by atoms with E-state index in [1.165, 1.54) is 11.1 Å². The van der Waals surface area contributed by atoms with E-state index in [0.717, 1.165) is 17.7 Å². The Morgan fingerprint density at radius 1 is 0.862 bits per heavy atom. The molecule has 3 aromatic carbocycles. The predicted octanol–water partition coefficient (Wildman–Crippen LogP) is 5.98. The number of hydrogen-bond donors (Lipinski definition) is 0. The number of likely N-dealkylation sites (tertiary alicyclic amines) is 1. The minimum Gasteiger partial charge on any atom is -0.391 e. The largest absolute Gasteiger partial charge is 0.391 e. The van der Waals surface area contributed by atoms with E-state index in [-0.39, 0.29) is 17.5 Å². The summed E-state index contributed by atoms with van der Waals surface area (Å²) in [5.74, 6) is 0. The molecule has 1 fully saturated rings. The molecule has 0 saturated carbocycles. The van der Waals surface area contributed by atoms with Gasteiger partial charge in [0.1, 0.15) is 6.61 Å². The minimum atomic E-state index is -0.252. The highest BCUT2D eigenvalue weighted by atomic mass is 35.5. The average Bonchev–Trinajstić information content (AvgIpc) is 2.77. The van der Waals surface area contributed by atoms with Gasteiger partial charge in [0.2, 0.25) is 0 Å². The molecule has 4 rings (SSSR count). The highest BCUT2D eigenvalue weighted by molar-refractivity contribution is 6.33. The molecular weight excluding hydrogens is 380 g/mol. The van der Waals surface area contributed by atoms with Crippen LogP contribution in [0.3, 0.4) is 0 Å². The van der Waals surface area contributed by atoms with Gasteiger partial charge in [0.05, 0.1) is 17.1 Å². The first kappa shape index (κ1) is 19.7. The standard InChI is InChI=1S/C25H25ClN2O/c1-28-23(20-13-7-3-8-14-20)17-22(27-29-18-19-11-5-2-6-12-19)24(26)25(28)21-15-9-4-10-16-21/h2-16,23-25H,17-18H2,1H3/b27-22+. The first-order chi connectivity index (χ1) is 14.2. The van der Waals surface area contributed by atoms with Gasteiger partial charge in [-0.15, -0.1) is 11.6 Å². The summed E-state index contributed by atoms with van der Waals surface area (Å²) in [5.41, 5.74) is 4.43. The van der Waals surface area contributed by atoms with Gasteiger partial charge in [0.25, 0.3) is 0 Å². The average molecular weight is 405 g/mol. The lowest BCUT2D eigenvalue weighted by molar-refractivity contribution is 0.119. The SMILES string of the molecule is CN1C(c2ccccc2)C/C(=N\OCc2ccccc2)C(Cl)C1c1ccccc1. The molecule has 3 nitrogen and oxygen atoms in total. The Labute approximate surface area is 177 Å². The van der Waals surface area contributed by atoms with E-state index in [1.54, 1.807) is 0 Å². The van der Waals surface area contributed by atoms with Crippen molar-refractivity contribution in [2.24, 2.45) is 5.16 Å². The van der Waals surface area contributed by atoms with E-state index in [4.69, 9.17) is 16.4 Å². The maximum absolute atomic E-state index is 6.96. The van der Waals surface area contributed by atoms with Gasteiger partial charge in [0, 0.05) is 12.5 Å². The molecule has 1 heterocycles. The maximum atomic E-state index is 6.96. The fourth-order valence-electron chi connectivity index (χ4n) is 3.97. The molecule has 1 aliphatic rings. The molecule has 0 N–H and O–H groups in total. The van der Waals surface area contributed by atoms with Crippen LogP contribution in [0.1, 0.15) is 35.2 Å². The van der Waals surface area contributed by atoms with E-state index in [2.05, 4.69) is 65.6 Å². The second-order valence-corrected chi connectivity index (χ2v) is 7.87. The van der Waals surface area contributed by atoms with Gasteiger partial charge >= 0.3 is 0 Å². The van der Waals surface area contributed by atoms with Crippen molar-refractivity contribution in [2.45, 2.75) is 30.5 Å². The van der Waals surface area contributed by atoms with Crippen molar-refractivity contribution in [3.63, 3.8) is 0 Å². The van der Waals surface area contributed by atoms with E-state index in [0.29, 0.717) is 6.61 Å². The quantitative estimate of drug-likeness (QED) is 0.385. The lowest BCUT2D eigenvalue weighted by Crippen LogP contribution is -2.44. The van der Waals surface area contributed by atoms with Crippen LogP contribution in [0.15, 0.2) is 96.2 Å². The molecule has 0 bridgehead atoms. The summed E-state index contributed by atoms with van der Waals surface area (Å²) in [4.78, 5) is 8.08. The molecule has 0 spiro atoms. The summed E-state index contributed by atoms with van der Waals surface area (Å²) in [7, 11) is 2.15. The van der Waals surface area contributed by atoms with Gasteiger partial charge in [-0.05, 0) is 23.7 Å². The van der Waals surface area contributed by atoms with Crippen LogP contribution in [0.5, 0.6) is 0 Å². The van der Waals surface area contributed by atoms with Crippen molar-refractivity contribution >= 4 is 17.3 Å². The summed E-state index contributed by atoms with van der Waals surface area (Å²) in [6.45, 7) is 0.440. The van der Waals surface area contributed by atoms with Gasteiger partial charge in [-0.25, -0.2) is 0 Å². The number of alkyl halides is 1. The molecule has 0 aliphatic carbocycles. The van der Waals surface area contributed by atoms with Crippen LogP contribution in [0.25, 0.3) is 0 Å². The van der Waals surface area contributed by atoms with Crippen molar-refractivity contribution in [2.75, 3.05) is 7.05 Å². The zero-order chi connectivity index (χ0) is 20.1. The summed E-state index contributed by atoms with van der Waals surface area (Å²) >= 11 is 6.96. The fourth-order valence-corrected chi connectivity index (χ4v) is 4.42. The Balaban J connectivity index is 1.62. The van der Waals surface area contributed by atoms with Gasteiger partial charge in [-0.2, -0.15) is 0 Å². The van der Waals surface area contributed by atoms with Crippen LogP contribution in [0.4, 0.5) is 0 Å². The van der Waals surface area contributed by atoms with E-state index < -0.39 is 0 Å². The molecule has 148 valence electrons. The van der Waals surface area contributed by atoms with Gasteiger partial charge in [-0.3, -0.25) is 4.90 Å². The summed E-state index contributed by atoms with van der Waals surface area (Å²) in [6.07, 6.45) is 0.743. The number of rotatable bonds is 5. The zero-order valence-electron chi connectivity index (χ0n) is 16.5. The summed E-state index contributed by atoms with van der Waals surface area (Å²) in [6, 6.07) is 31.2. The second-order valence-electron chi connectivity index (χ2n) is 7.40. The number of piperidine rings is 1. The molecule has 3 aromatic rings. The Morgan fingerprint density at radius 2 is 1.41 bits per heavy atom. The minimum absolute atomic E-state index is 0.0240. The van der Waals surface area contributed by atoms with Crippen LogP contribution in [0.2, 0.25) is 0 Å². The zero-order valence-corrected chi connectivity index (χ0v) is 17.2. The fraction of sp³-hybridized carbons (Fsp3) is 0.240. The van der Waals surface area contributed by atoms with Crippen LogP contribution >= 0.6 is 11.6 Å². The molecule has 4 heteroatoms. The highest BCUT2D eigenvalue weighted by Gasteiger charge is 2.40. The molecular formula is C25H25ClN2O. The molecule has 0 aromatic heterocycles. The molecule has 3 atom stereocenters. The Morgan fingerprint density at radius 3 is 2.03 bits per heavy atom. The van der Waals surface area contributed by atoms with E-state index in [9.17, 15) is 0 Å². The van der Waals surface area contributed by atoms with E-state index in [1.807, 2.05) is 42.5 Å². The molecule has 3 unspecified atom stereocenters. The third-order valence-electron chi connectivity index (χ3n) is 5.51. The first-order valence-corrected chi connectivity index (χ1v) is 10.4. The smallest absolute Gasteiger partial charge is 0.142 e. The Hall–Kier alpha value is -2.62. The van der Waals surface area contributed by atoms with Gasteiger partial charge < -0.3 is 4.84 Å². The van der Waals surface area contributed by atoms with Crippen LogP contribution in [-0.2, 0) is 11.4 Å². The number of benzene rings is 3. The molecule has 1 aliphatic heterocycles. The summed E-state index contributed by atoms with van der Waals surface area (Å²) < 4.78 is 0. The number of halogens is 1. The highest BCUT2D eigenvalue weighted by Crippen LogP contribution is 2.41. The lowest BCUT2D eigenvalue weighted by atomic mass is 9.86. The van der Waals surface area contributed by atoms with Crippen LogP contribution in [-0.4, -0.2) is 23.0 Å².